The van der Waals surface area contributed by atoms with Gasteiger partial charge in [-0.25, -0.2) is 8.42 Å². The zero-order valence-electron chi connectivity index (χ0n) is 10.3. The third-order valence-corrected chi connectivity index (χ3v) is 7.10. The van der Waals surface area contributed by atoms with Gasteiger partial charge in [0.25, 0.3) is 0 Å². The molecule has 0 unspecified atom stereocenters. The van der Waals surface area contributed by atoms with E-state index in [1.165, 1.54) is 0 Å². The van der Waals surface area contributed by atoms with E-state index in [9.17, 15) is 8.42 Å². The van der Waals surface area contributed by atoms with Gasteiger partial charge >= 0.3 is 0 Å². The summed E-state index contributed by atoms with van der Waals surface area (Å²) in [4.78, 5) is 0. The number of rotatable bonds is 3. The van der Waals surface area contributed by atoms with Crippen LogP contribution >= 0.6 is 0 Å². The lowest BCUT2D eigenvalue weighted by Crippen LogP contribution is -2.42. The Balaban J connectivity index is 1.76. The lowest BCUT2D eigenvalue weighted by atomic mass is 9.60. The Bertz CT molecular complexity index is 393. The Morgan fingerprint density at radius 2 is 1.71 bits per heavy atom. The summed E-state index contributed by atoms with van der Waals surface area (Å²) in [5.41, 5.74) is 6.04. The highest BCUT2D eigenvalue weighted by Crippen LogP contribution is 2.63. The van der Waals surface area contributed by atoms with Gasteiger partial charge in [-0.15, -0.1) is 0 Å². The van der Waals surface area contributed by atoms with Crippen molar-refractivity contribution in [3.63, 3.8) is 0 Å². The maximum Gasteiger partial charge on any atom is 0.150 e. The van der Waals surface area contributed by atoms with E-state index in [1.807, 2.05) is 0 Å². The van der Waals surface area contributed by atoms with Gasteiger partial charge in [0, 0.05) is 19.1 Å². The molecule has 4 atom stereocenters. The molecule has 0 bridgehead atoms. The molecule has 98 valence electrons. The Morgan fingerprint density at radius 3 is 2.12 bits per heavy atom. The lowest BCUT2D eigenvalue weighted by Gasteiger charge is -2.44. The summed E-state index contributed by atoms with van der Waals surface area (Å²) in [6.07, 6.45) is 2.14. The zero-order valence-corrected chi connectivity index (χ0v) is 11.1. The number of sulfone groups is 1. The first kappa shape index (κ1) is 11.9. The first-order valence-corrected chi connectivity index (χ1v) is 8.22. The van der Waals surface area contributed by atoms with Crippen molar-refractivity contribution in [2.24, 2.45) is 34.8 Å². The first-order valence-electron chi connectivity index (χ1n) is 6.40. The SMILES string of the molecule is COCC1(CN)C[C@@H]2[C@@H](C1)[C@@H]1CS(=O)(=O)C[C@@H]21. The highest BCUT2D eigenvalue weighted by Gasteiger charge is 2.63. The minimum atomic E-state index is -2.74. The van der Waals surface area contributed by atoms with Gasteiger partial charge < -0.3 is 10.5 Å². The number of methoxy groups -OCH3 is 1. The standard InChI is InChI=1S/C12H21NO3S/c1-16-7-12(6-13)2-8-9(3-12)11-5-17(14,15)4-10(8)11/h8-11H,2-7,13H2,1H3/t8-,9-,10+,11+/m1/s1. The maximum absolute atomic E-state index is 11.6. The predicted octanol–water partition coefficient (Wildman–Crippen LogP) is 0.279. The van der Waals surface area contributed by atoms with Gasteiger partial charge in [0.15, 0.2) is 9.84 Å². The molecule has 3 aliphatic rings. The molecule has 0 aromatic carbocycles. The summed E-state index contributed by atoms with van der Waals surface area (Å²) in [6.45, 7) is 1.39. The van der Waals surface area contributed by atoms with Crippen molar-refractivity contribution < 1.29 is 13.2 Å². The minimum Gasteiger partial charge on any atom is -0.384 e. The van der Waals surface area contributed by atoms with Crippen LogP contribution in [0, 0.1) is 29.1 Å². The average Bonchev–Trinajstić information content (AvgIpc) is 2.74. The topological polar surface area (TPSA) is 69.4 Å². The molecule has 4 nitrogen and oxygen atoms in total. The lowest BCUT2D eigenvalue weighted by molar-refractivity contribution is 0.0462. The van der Waals surface area contributed by atoms with E-state index < -0.39 is 9.84 Å². The van der Waals surface area contributed by atoms with E-state index in [4.69, 9.17) is 10.5 Å². The largest absolute Gasteiger partial charge is 0.384 e. The predicted molar refractivity (Wildman–Crippen MR) is 65.2 cm³/mol. The molecule has 2 N–H and O–H groups in total. The van der Waals surface area contributed by atoms with Crippen molar-refractivity contribution in [1.82, 2.24) is 0 Å². The Kier molecular flexibility index (Phi) is 2.58. The summed E-state index contributed by atoms with van der Waals surface area (Å²) < 4.78 is 28.6. The van der Waals surface area contributed by atoms with Crippen LogP contribution in [-0.2, 0) is 14.6 Å². The third kappa shape index (κ3) is 1.66. The van der Waals surface area contributed by atoms with Gasteiger partial charge in [-0.2, -0.15) is 0 Å². The van der Waals surface area contributed by atoms with E-state index >= 15 is 0 Å². The highest BCUT2D eigenvalue weighted by atomic mass is 32.2. The van der Waals surface area contributed by atoms with E-state index in [1.54, 1.807) is 7.11 Å². The van der Waals surface area contributed by atoms with Gasteiger partial charge in [0.2, 0.25) is 0 Å². The van der Waals surface area contributed by atoms with Crippen molar-refractivity contribution in [1.29, 1.82) is 0 Å². The average molecular weight is 259 g/mol. The number of ether oxygens (including phenoxy) is 1. The fourth-order valence-corrected chi connectivity index (χ4v) is 6.91. The van der Waals surface area contributed by atoms with Gasteiger partial charge in [0.1, 0.15) is 0 Å². The summed E-state index contributed by atoms with van der Waals surface area (Å²) in [5, 5.41) is 0. The second kappa shape index (κ2) is 3.68. The molecule has 3 rings (SSSR count). The molecule has 2 aliphatic carbocycles. The van der Waals surface area contributed by atoms with E-state index in [-0.39, 0.29) is 5.41 Å². The fraction of sp³-hybridized carbons (Fsp3) is 1.00. The zero-order chi connectivity index (χ0) is 12.3. The monoisotopic (exact) mass is 259 g/mol. The molecule has 0 aromatic rings. The van der Waals surface area contributed by atoms with Gasteiger partial charge in [0.05, 0.1) is 18.1 Å². The normalized spacial score (nSPS) is 45.1. The molecule has 1 saturated heterocycles. The van der Waals surface area contributed by atoms with Gasteiger partial charge in [-0.3, -0.25) is 0 Å². The first-order chi connectivity index (χ1) is 8.00. The number of nitrogens with two attached hydrogens (primary N) is 1. The molecule has 0 amide bonds. The van der Waals surface area contributed by atoms with Crippen LogP contribution in [0.2, 0.25) is 0 Å². The molecule has 5 heteroatoms. The Labute approximate surface area is 103 Å². The third-order valence-electron chi connectivity index (χ3n) is 5.31. The van der Waals surface area contributed by atoms with Crippen LogP contribution in [0.3, 0.4) is 0 Å². The van der Waals surface area contributed by atoms with Crippen molar-refractivity contribution in [3.8, 4) is 0 Å². The molecule has 1 aliphatic heterocycles. The quantitative estimate of drug-likeness (QED) is 0.790. The van der Waals surface area contributed by atoms with Crippen molar-refractivity contribution in [3.05, 3.63) is 0 Å². The molecule has 0 aromatic heterocycles. The number of fused-ring (bicyclic) bond motifs is 4. The molecule has 0 spiro atoms. The second-order valence-corrected chi connectivity index (χ2v) is 8.43. The molecule has 3 fully saturated rings. The van der Waals surface area contributed by atoms with Crippen LogP contribution in [0.25, 0.3) is 0 Å². The molecular weight excluding hydrogens is 238 g/mol. The molecule has 2 saturated carbocycles. The van der Waals surface area contributed by atoms with Crippen molar-refractivity contribution in [2.45, 2.75) is 12.8 Å². The molecule has 17 heavy (non-hydrogen) atoms. The van der Waals surface area contributed by atoms with Crippen LogP contribution in [0.1, 0.15) is 12.8 Å². The van der Waals surface area contributed by atoms with Gasteiger partial charge in [-0.1, -0.05) is 0 Å². The summed E-state index contributed by atoms with van der Waals surface area (Å²) >= 11 is 0. The number of hydrogen-bond acceptors (Lipinski definition) is 4. The fourth-order valence-electron chi connectivity index (χ4n) is 4.61. The van der Waals surface area contributed by atoms with E-state index in [2.05, 4.69) is 0 Å². The van der Waals surface area contributed by atoms with Crippen LogP contribution in [-0.4, -0.2) is 40.2 Å². The van der Waals surface area contributed by atoms with E-state index in [0.717, 1.165) is 19.4 Å². The van der Waals surface area contributed by atoms with Gasteiger partial charge in [-0.05, 0) is 36.5 Å². The van der Waals surface area contributed by atoms with Crippen LogP contribution < -0.4 is 5.73 Å². The summed E-state index contributed by atoms with van der Waals surface area (Å²) in [7, 11) is -1.02. The Hall–Kier alpha value is -0.130. The van der Waals surface area contributed by atoms with Crippen LogP contribution in [0.4, 0.5) is 0 Å². The maximum atomic E-state index is 11.6. The Morgan fingerprint density at radius 1 is 1.18 bits per heavy atom. The summed E-state index contributed by atoms with van der Waals surface area (Å²) in [5.74, 6) is 2.89. The molecule has 0 radical (unpaired) electrons. The van der Waals surface area contributed by atoms with Crippen molar-refractivity contribution >= 4 is 9.84 Å². The molecule has 1 heterocycles. The minimum absolute atomic E-state index is 0.123. The highest BCUT2D eigenvalue weighted by molar-refractivity contribution is 7.91. The smallest absolute Gasteiger partial charge is 0.150 e. The van der Waals surface area contributed by atoms with E-state index in [0.29, 0.717) is 41.7 Å². The second-order valence-electron chi connectivity index (χ2n) is 6.28. The summed E-state index contributed by atoms with van der Waals surface area (Å²) in [6, 6.07) is 0. The molecular formula is C12H21NO3S. The van der Waals surface area contributed by atoms with Crippen LogP contribution in [0.5, 0.6) is 0 Å². The van der Waals surface area contributed by atoms with Crippen LogP contribution in [0.15, 0.2) is 0 Å². The van der Waals surface area contributed by atoms with Crippen molar-refractivity contribution in [2.75, 3.05) is 31.8 Å². The number of hydrogen-bond donors (Lipinski definition) is 1.